The van der Waals surface area contributed by atoms with E-state index in [-0.39, 0.29) is 22.4 Å². The zero-order chi connectivity index (χ0) is 25.8. The number of rotatable bonds is 5. The van der Waals surface area contributed by atoms with Gasteiger partial charge < -0.3 is 10.1 Å². The quantitative estimate of drug-likeness (QED) is 0.364. The summed E-state index contributed by atoms with van der Waals surface area (Å²) in [5, 5.41) is 13.1. The number of ether oxygens (including phenoxy) is 1. The third-order valence-electron chi connectivity index (χ3n) is 4.96. The normalized spacial score (nSPS) is 12.4. The number of nitrogens with zero attached hydrogens (tertiary/aromatic N) is 1. The van der Waals surface area contributed by atoms with Crippen molar-refractivity contribution in [3.8, 4) is 17.6 Å². The number of allylic oxidation sites excluding steroid dienone is 2. The van der Waals surface area contributed by atoms with Gasteiger partial charge in [0.2, 0.25) is 0 Å². The molecule has 0 spiro atoms. The summed E-state index contributed by atoms with van der Waals surface area (Å²) in [4.78, 5) is 13.1. The van der Waals surface area contributed by atoms with Crippen LogP contribution in [0.25, 0.3) is 5.57 Å². The van der Waals surface area contributed by atoms with Crippen LogP contribution in [0, 0.1) is 16.7 Å². The number of amides is 1. The molecule has 0 saturated carbocycles. The van der Waals surface area contributed by atoms with Crippen LogP contribution in [0.3, 0.4) is 0 Å². The Morgan fingerprint density at radius 1 is 0.914 bits per heavy atom. The van der Waals surface area contributed by atoms with E-state index in [2.05, 4.69) is 5.32 Å². The molecule has 0 saturated heterocycles. The molecule has 0 aromatic heterocycles. The number of hydrogen-bond donors (Lipinski definition) is 1. The monoisotopic (exact) mass is 498 g/mol. The number of halogens is 4. The molecule has 1 amide bonds. The molecule has 3 rings (SSSR count). The largest absolute Gasteiger partial charge is 0.457 e. The molecule has 0 aliphatic rings. The summed E-state index contributed by atoms with van der Waals surface area (Å²) in [5.41, 5.74) is -1.19. The van der Waals surface area contributed by atoms with Crippen LogP contribution in [0.2, 0.25) is 5.02 Å². The van der Waals surface area contributed by atoms with E-state index in [0.717, 1.165) is 12.1 Å². The Balaban J connectivity index is 1.97. The number of benzene rings is 3. The Kier molecular flexibility index (Phi) is 7.57. The highest BCUT2D eigenvalue weighted by atomic mass is 35.5. The molecule has 0 fully saturated rings. The minimum Gasteiger partial charge on any atom is -0.457 e. The van der Waals surface area contributed by atoms with Gasteiger partial charge in [-0.05, 0) is 54.1 Å². The second kappa shape index (κ2) is 10.2. The second-order valence-electron chi connectivity index (χ2n) is 8.73. The molecule has 0 bridgehead atoms. The van der Waals surface area contributed by atoms with Gasteiger partial charge in [0.05, 0.1) is 11.1 Å². The lowest BCUT2D eigenvalue weighted by Crippen LogP contribution is -2.31. The summed E-state index contributed by atoms with van der Waals surface area (Å²) in [6.45, 7) is 5.27. The predicted molar refractivity (Wildman–Crippen MR) is 129 cm³/mol. The van der Waals surface area contributed by atoms with Crippen LogP contribution < -0.4 is 10.1 Å². The Labute approximate surface area is 206 Å². The van der Waals surface area contributed by atoms with Gasteiger partial charge in [0.25, 0.3) is 5.91 Å². The summed E-state index contributed by atoms with van der Waals surface area (Å²) < 4.78 is 45.5. The predicted octanol–water partition coefficient (Wildman–Crippen LogP) is 7.86. The van der Waals surface area contributed by atoms with Crippen molar-refractivity contribution in [2.75, 3.05) is 0 Å². The van der Waals surface area contributed by atoms with Gasteiger partial charge in [-0.3, -0.25) is 4.79 Å². The molecule has 0 atom stereocenters. The summed E-state index contributed by atoms with van der Waals surface area (Å²) >= 11 is 5.98. The van der Waals surface area contributed by atoms with E-state index in [1.807, 2.05) is 6.07 Å². The first-order valence-corrected chi connectivity index (χ1v) is 10.9. The van der Waals surface area contributed by atoms with Gasteiger partial charge in [0.1, 0.15) is 17.6 Å². The molecule has 3 aromatic carbocycles. The van der Waals surface area contributed by atoms with E-state index in [1.165, 1.54) is 18.2 Å². The van der Waals surface area contributed by atoms with Crippen LogP contribution in [-0.2, 0) is 6.18 Å². The number of alkyl halides is 3. The van der Waals surface area contributed by atoms with Gasteiger partial charge in [-0.1, -0.05) is 56.6 Å². The molecular formula is C27H22ClF3N2O2. The third-order valence-corrected chi connectivity index (χ3v) is 5.19. The number of carbonyl (C=O) groups excluding carboxylic acids is 1. The maximum absolute atomic E-state index is 13.2. The van der Waals surface area contributed by atoms with Gasteiger partial charge in [-0.2, -0.15) is 18.4 Å². The van der Waals surface area contributed by atoms with E-state index in [0.29, 0.717) is 16.5 Å². The average Bonchev–Trinajstić information content (AvgIpc) is 2.78. The van der Waals surface area contributed by atoms with Crippen molar-refractivity contribution in [1.29, 1.82) is 5.26 Å². The third kappa shape index (κ3) is 6.65. The minimum atomic E-state index is -4.56. The van der Waals surface area contributed by atoms with Crippen molar-refractivity contribution in [2.24, 2.45) is 5.41 Å². The SMILES string of the molecule is CC(C)(C)/C(NC(=O)c1cccc(Oc2cccc(Cl)c2)c1)=C(\C#N)c1cccc(C(F)(F)F)c1. The molecule has 0 heterocycles. The molecule has 0 unspecified atom stereocenters. The van der Waals surface area contributed by atoms with Crippen molar-refractivity contribution in [1.82, 2.24) is 5.32 Å². The van der Waals surface area contributed by atoms with Crippen molar-refractivity contribution in [3.63, 3.8) is 0 Å². The van der Waals surface area contributed by atoms with Crippen LogP contribution in [0.4, 0.5) is 13.2 Å². The molecule has 0 radical (unpaired) electrons. The number of hydrogen-bond acceptors (Lipinski definition) is 3. The first-order chi connectivity index (χ1) is 16.4. The molecule has 35 heavy (non-hydrogen) atoms. The lowest BCUT2D eigenvalue weighted by atomic mass is 9.86. The second-order valence-corrected chi connectivity index (χ2v) is 9.17. The minimum absolute atomic E-state index is 0.0525. The molecular weight excluding hydrogens is 477 g/mol. The van der Waals surface area contributed by atoms with Gasteiger partial charge in [-0.25, -0.2) is 0 Å². The summed E-state index contributed by atoms with van der Waals surface area (Å²) in [6.07, 6.45) is -4.56. The van der Waals surface area contributed by atoms with Crippen molar-refractivity contribution in [2.45, 2.75) is 26.9 Å². The fraction of sp³-hybridized carbons (Fsp3) is 0.185. The molecule has 180 valence electrons. The smallest absolute Gasteiger partial charge is 0.416 e. The van der Waals surface area contributed by atoms with E-state index in [1.54, 1.807) is 63.2 Å². The Bertz CT molecular complexity index is 1320. The average molecular weight is 499 g/mol. The van der Waals surface area contributed by atoms with Crippen LogP contribution in [0.1, 0.15) is 42.3 Å². The van der Waals surface area contributed by atoms with Crippen molar-refractivity contribution >= 4 is 23.1 Å². The van der Waals surface area contributed by atoms with Crippen LogP contribution in [0.15, 0.2) is 78.5 Å². The highest BCUT2D eigenvalue weighted by Crippen LogP contribution is 2.35. The van der Waals surface area contributed by atoms with Crippen LogP contribution >= 0.6 is 11.6 Å². The van der Waals surface area contributed by atoms with E-state index >= 15 is 0 Å². The van der Waals surface area contributed by atoms with E-state index < -0.39 is 23.1 Å². The lowest BCUT2D eigenvalue weighted by molar-refractivity contribution is -0.137. The fourth-order valence-corrected chi connectivity index (χ4v) is 3.47. The van der Waals surface area contributed by atoms with Gasteiger partial charge in [0.15, 0.2) is 0 Å². The number of carbonyl (C=O) groups is 1. The van der Waals surface area contributed by atoms with Gasteiger partial charge in [-0.15, -0.1) is 0 Å². The lowest BCUT2D eigenvalue weighted by Gasteiger charge is -2.26. The molecule has 8 heteroatoms. The Morgan fingerprint density at radius 2 is 1.51 bits per heavy atom. The summed E-state index contributed by atoms with van der Waals surface area (Å²) in [7, 11) is 0. The molecule has 3 aromatic rings. The molecule has 4 nitrogen and oxygen atoms in total. The highest BCUT2D eigenvalue weighted by molar-refractivity contribution is 6.30. The number of nitriles is 1. The fourth-order valence-electron chi connectivity index (χ4n) is 3.29. The zero-order valence-corrected chi connectivity index (χ0v) is 20.0. The number of nitrogens with one attached hydrogen (secondary N) is 1. The zero-order valence-electron chi connectivity index (χ0n) is 19.2. The molecule has 0 aliphatic carbocycles. The molecule has 1 N–H and O–H groups in total. The van der Waals surface area contributed by atoms with E-state index in [4.69, 9.17) is 16.3 Å². The van der Waals surface area contributed by atoms with E-state index in [9.17, 15) is 23.2 Å². The molecule has 0 aliphatic heterocycles. The van der Waals surface area contributed by atoms with Crippen LogP contribution in [0.5, 0.6) is 11.5 Å². The standard InChI is InChI=1S/C27H22ClF3N2O2/c1-26(2,3)24(23(16-32)17-7-4-9-19(13-17)27(29,30)31)33-25(34)18-8-5-11-21(14-18)35-22-12-6-10-20(28)15-22/h4-15H,1-3H3,(H,33,34)/b24-23-. The van der Waals surface area contributed by atoms with Gasteiger partial charge in [0, 0.05) is 21.7 Å². The summed E-state index contributed by atoms with van der Waals surface area (Å²) in [5.74, 6) is 0.340. The first-order valence-electron chi connectivity index (χ1n) is 10.6. The topological polar surface area (TPSA) is 62.1 Å². The maximum Gasteiger partial charge on any atom is 0.416 e. The van der Waals surface area contributed by atoms with Crippen LogP contribution in [-0.4, -0.2) is 5.91 Å². The first kappa shape index (κ1) is 25.9. The Morgan fingerprint density at radius 3 is 2.11 bits per heavy atom. The Hall–Kier alpha value is -3.76. The summed E-state index contributed by atoms with van der Waals surface area (Å²) in [6, 6.07) is 19.6. The maximum atomic E-state index is 13.2. The highest BCUT2D eigenvalue weighted by Gasteiger charge is 2.31. The van der Waals surface area contributed by atoms with Crippen molar-refractivity contribution < 1.29 is 22.7 Å². The van der Waals surface area contributed by atoms with Crippen molar-refractivity contribution in [3.05, 3.63) is 100 Å². The van der Waals surface area contributed by atoms with Gasteiger partial charge >= 0.3 is 6.18 Å².